The van der Waals surface area contributed by atoms with E-state index in [0.29, 0.717) is 24.9 Å². The van der Waals surface area contributed by atoms with Crippen LogP contribution in [-0.4, -0.2) is 58.5 Å². The summed E-state index contributed by atoms with van der Waals surface area (Å²) in [6.45, 7) is 4.62. The number of fused-ring (bicyclic) bond motifs is 1. The Balaban J connectivity index is 1.27. The minimum Gasteiger partial charge on any atom is -0.496 e. The van der Waals surface area contributed by atoms with Crippen LogP contribution in [0.3, 0.4) is 0 Å². The molecule has 41 heavy (non-hydrogen) atoms. The van der Waals surface area contributed by atoms with Crippen LogP contribution >= 0.6 is 0 Å². The molecule has 8 heteroatoms. The molecule has 1 spiro atoms. The van der Waals surface area contributed by atoms with Crippen molar-refractivity contribution >= 4 is 22.8 Å². The third-order valence-electron chi connectivity index (χ3n) is 9.83. The van der Waals surface area contributed by atoms with Crippen molar-refractivity contribution in [3.05, 3.63) is 64.8 Å². The van der Waals surface area contributed by atoms with Crippen LogP contribution in [0, 0.1) is 35.5 Å². The van der Waals surface area contributed by atoms with Gasteiger partial charge < -0.3 is 19.7 Å². The highest BCUT2D eigenvalue weighted by Crippen LogP contribution is 2.57. The number of nitrogens with zero attached hydrogens (tertiary/aromatic N) is 3. The summed E-state index contributed by atoms with van der Waals surface area (Å²) in [6, 6.07) is 14.8. The van der Waals surface area contributed by atoms with Gasteiger partial charge in [0.1, 0.15) is 5.75 Å². The number of H-pyrrole nitrogens is 1. The largest absolute Gasteiger partial charge is 0.496 e. The van der Waals surface area contributed by atoms with E-state index in [2.05, 4.69) is 47.1 Å². The third-order valence-corrected chi connectivity index (χ3v) is 9.83. The van der Waals surface area contributed by atoms with E-state index in [1.807, 2.05) is 18.3 Å². The van der Waals surface area contributed by atoms with Gasteiger partial charge in [0.25, 0.3) is 5.91 Å². The molecule has 1 amide bonds. The monoisotopic (exact) mass is 554 g/mol. The van der Waals surface area contributed by atoms with E-state index >= 15 is 0 Å². The highest BCUT2D eigenvalue weighted by atomic mass is 16.5. The number of hydrogen-bond acceptors (Lipinski definition) is 5. The fraction of sp³-hybridized carbons (Fsp3) is 0.485. The molecule has 2 atom stereocenters. The average molecular weight is 555 g/mol. The molecule has 214 valence electrons. The standard InChI is InChI=1S/C33H38N4O4/c1-21-14-29(41-2)27(26-9-11-35-30(21)26)20-36-13-10-33(15-22(16-33)18-34)17-28(36)23-5-7-24(8-6-23)31(38)37-12-3-4-25(19-37)32(39)40/h5-9,11,14,22,25,28,35H,3-4,10,12-13,15-17,19-20H2,1-2H3,(H,39,40)/t22?,25-,28+,33?/m1/s1. The van der Waals surface area contributed by atoms with E-state index in [4.69, 9.17) is 4.74 Å². The van der Waals surface area contributed by atoms with Crippen LogP contribution in [0.1, 0.15) is 71.6 Å². The number of piperidine rings is 2. The number of amides is 1. The quantitative estimate of drug-likeness (QED) is 0.406. The maximum absolute atomic E-state index is 13.3. The van der Waals surface area contributed by atoms with Crippen LogP contribution in [0.5, 0.6) is 5.75 Å². The van der Waals surface area contributed by atoms with Crippen molar-refractivity contribution in [2.45, 2.75) is 58.0 Å². The lowest BCUT2D eigenvalue weighted by atomic mass is 9.56. The molecule has 0 unspecified atom stereocenters. The number of hydrogen-bond donors (Lipinski definition) is 2. The van der Waals surface area contributed by atoms with Gasteiger partial charge in [-0.25, -0.2) is 0 Å². The smallest absolute Gasteiger partial charge is 0.308 e. The summed E-state index contributed by atoms with van der Waals surface area (Å²) in [7, 11) is 1.73. The van der Waals surface area contributed by atoms with Crippen molar-refractivity contribution < 1.29 is 19.4 Å². The topological polar surface area (TPSA) is 110 Å². The SMILES string of the molecule is COc1cc(C)c2[nH]ccc2c1CN1CCC2(CC(C#N)C2)C[C@H]1c1ccc(C(=O)N2CCC[C@@H](C(=O)O)C2)cc1. The van der Waals surface area contributed by atoms with Crippen molar-refractivity contribution in [2.24, 2.45) is 17.3 Å². The number of aromatic nitrogens is 1. The van der Waals surface area contributed by atoms with Gasteiger partial charge >= 0.3 is 5.97 Å². The second-order valence-corrected chi connectivity index (χ2v) is 12.4. The summed E-state index contributed by atoms with van der Waals surface area (Å²) in [4.78, 5) is 32.4. The Hall–Kier alpha value is -3.83. The molecule has 3 aromatic rings. The highest BCUT2D eigenvalue weighted by molar-refractivity contribution is 5.94. The van der Waals surface area contributed by atoms with E-state index in [0.717, 1.165) is 55.6 Å². The van der Waals surface area contributed by atoms with Crippen LogP contribution < -0.4 is 4.74 Å². The van der Waals surface area contributed by atoms with Crippen LogP contribution in [0.25, 0.3) is 10.9 Å². The number of carbonyl (C=O) groups excluding carboxylic acids is 1. The zero-order valence-electron chi connectivity index (χ0n) is 23.9. The summed E-state index contributed by atoms with van der Waals surface area (Å²) in [5, 5.41) is 20.1. The molecule has 3 fully saturated rings. The first-order valence-corrected chi connectivity index (χ1v) is 14.7. The predicted molar refractivity (Wildman–Crippen MR) is 155 cm³/mol. The molecule has 3 heterocycles. The number of carbonyl (C=O) groups is 2. The Bertz CT molecular complexity index is 1500. The van der Waals surface area contributed by atoms with Gasteiger partial charge in [0.2, 0.25) is 0 Å². The van der Waals surface area contributed by atoms with Crippen molar-refractivity contribution in [1.29, 1.82) is 5.26 Å². The number of carboxylic acids is 1. The normalized spacial score (nSPS) is 26.5. The van der Waals surface area contributed by atoms with Gasteiger partial charge in [0, 0.05) is 59.8 Å². The first-order valence-electron chi connectivity index (χ1n) is 14.7. The minimum atomic E-state index is -0.832. The van der Waals surface area contributed by atoms with E-state index in [9.17, 15) is 20.0 Å². The second-order valence-electron chi connectivity index (χ2n) is 12.4. The number of nitriles is 1. The van der Waals surface area contributed by atoms with Gasteiger partial charge in [-0.3, -0.25) is 14.5 Å². The van der Waals surface area contributed by atoms with Gasteiger partial charge in [-0.05, 0) is 92.8 Å². The number of likely N-dealkylation sites (tertiary alicyclic amines) is 2. The van der Waals surface area contributed by atoms with Crippen molar-refractivity contribution in [2.75, 3.05) is 26.7 Å². The van der Waals surface area contributed by atoms with Gasteiger partial charge in [0.05, 0.1) is 19.1 Å². The summed E-state index contributed by atoms with van der Waals surface area (Å²) >= 11 is 0. The summed E-state index contributed by atoms with van der Waals surface area (Å²) < 4.78 is 5.85. The van der Waals surface area contributed by atoms with Crippen LogP contribution in [0.15, 0.2) is 42.6 Å². The first kappa shape index (κ1) is 27.3. The number of benzene rings is 2. The number of methoxy groups -OCH3 is 1. The number of aliphatic carboxylic acids is 1. The Kier molecular flexibility index (Phi) is 7.25. The zero-order valence-corrected chi connectivity index (χ0v) is 23.9. The van der Waals surface area contributed by atoms with Crippen LogP contribution in [0.4, 0.5) is 0 Å². The molecule has 6 rings (SSSR count). The lowest BCUT2D eigenvalue weighted by molar-refractivity contribution is -0.143. The van der Waals surface area contributed by atoms with Gasteiger partial charge in [-0.2, -0.15) is 5.26 Å². The highest BCUT2D eigenvalue weighted by Gasteiger charge is 2.49. The summed E-state index contributed by atoms with van der Waals surface area (Å²) in [5.74, 6) is -0.388. The Labute approximate surface area is 240 Å². The number of nitrogens with one attached hydrogen (secondary N) is 1. The number of ether oxygens (including phenoxy) is 1. The predicted octanol–water partition coefficient (Wildman–Crippen LogP) is 5.68. The maximum Gasteiger partial charge on any atom is 0.308 e. The lowest BCUT2D eigenvalue weighted by Crippen LogP contribution is -2.48. The second kappa shape index (κ2) is 10.9. The summed E-state index contributed by atoms with van der Waals surface area (Å²) in [6.07, 6.45) is 7.28. The van der Waals surface area contributed by atoms with E-state index < -0.39 is 11.9 Å². The zero-order chi connectivity index (χ0) is 28.7. The molecule has 2 aliphatic heterocycles. The fourth-order valence-electron chi connectivity index (χ4n) is 7.52. The third kappa shape index (κ3) is 5.08. The van der Waals surface area contributed by atoms with Crippen LogP contribution in [0.2, 0.25) is 0 Å². The number of aryl methyl sites for hydroxylation is 1. The molecule has 2 aromatic carbocycles. The molecule has 0 bridgehead atoms. The van der Waals surface area contributed by atoms with E-state index in [1.54, 1.807) is 12.0 Å². The Morgan fingerprint density at radius 1 is 1.17 bits per heavy atom. The van der Waals surface area contributed by atoms with E-state index in [1.165, 1.54) is 16.5 Å². The first-order chi connectivity index (χ1) is 19.8. The van der Waals surface area contributed by atoms with Gasteiger partial charge in [-0.15, -0.1) is 0 Å². The molecule has 3 aliphatic rings. The molecule has 1 aliphatic carbocycles. The average Bonchev–Trinajstić information content (AvgIpc) is 3.48. The molecule has 0 radical (unpaired) electrons. The van der Waals surface area contributed by atoms with Crippen molar-refractivity contribution in [3.63, 3.8) is 0 Å². The number of aromatic amines is 1. The van der Waals surface area contributed by atoms with E-state index in [-0.39, 0.29) is 29.8 Å². The Morgan fingerprint density at radius 2 is 1.95 bits per heavy atom. The lowest BCUT2D eigenvalue weighted by Gasteiger charge is -2.53. The molecule has 1 saturated carbocycles. The molecule has 1 aromatic heterocycles. The van der Waals surface area contributed by atoms with Crippen LogP contribution in [-0.2, 0) is 11.3 Å². The molecular weight excluding hydrogens is 516 g/mol. The molecule has 2 N–H and O–H groups in total. The molecular formula is C33H38N4O4. The molecule has 8 nitrogen and oxygen atoms in total. The number of carboxylic acid groups (broad SMARTS) is 1. The maximum atomic E-state index is 13.3. The summed E-state index contributed by atoms with van der Waals surface area (Å²) in [5.41, 5.74) is 5.41. The molecule has 2 saturated heterocycles. The van der Waals surface area contributed by atoms with Gasteiger partial charge in [0.15, 0.2) is 0 Å². The minimum absolute atomic E-state index is 0.102. The number of rotatable bonds is 6. The fourth-order valence-corrected chi connectivity index (χ4v) is 7.52. The van der Waals surface area contributed by atoms with Crippen molar-refractivity contribution in [1.82, 2.24) is 14.8 Å². The van der Waals surface area contributed by atoms with Crippen molar-refractivity contribution in [3.8, 4) is 11.8 Å². The Morgan fingerprint density at radius 3 is 2.66 bits per heavy atom. The van der Waals surface area contributed by atoms with Gasteiger partial charge in [-0.1, -0.05) is 12.1 Å².